The monoisotopic (exact) mass is 206 g/mol. The van der Waals surface area contributed by atoms with Crippen LogP contribution in [-0.4, -0.2) is 22.9 Å². The molecule has 1 saturated carbocycles. The van der Waals surface area contributed by atoms with Gasteiger partial charge < -0.3 is 4.74 Å². The van der Waals surface area contributed by atoms with Gasteiger partial charge in [0.25, 0.3) is 0 Å². The van der Waals surface area contributed by atoms with Crippen molar-refractivity contribution < 1.29 is 9.53 Å². The lowest BCUT2D eigenvalue weighted by Gasteiger charge is -2.22. The second-order valence-electron chi connectivity index (χ2n) is 4.19. The number of Topliss-reactive ketones (excluding diaryl/α,β-unsaturated/α-hetero) is 1. The molecule has 0 spiro atoms. The molecular weight excluding hydrogens is 192 g/mol. The van der Waals surface area contributed by atoms with Crippen LogP contribution in [0.4, 0.5) is 0 Å². The predicted molar refractivity (Wildman–Crippen MR) is 54.8 cm³/mol. The highest BCUT2D eigenvalue weighted by molar-refractivity contribution is 5.82. The molecule has 0 bridgehead atoms. The standard InChI is InChI=1S/C11H14N2O2/c1-11(4-3-8(14)7-11)9-10(15-2)13-6-5-12-9/h5-6H,3-4,7H2,1-2H3. The van der Waals surface area contributed by atoms with Crippen LogP contribution >= 0.6 is 0 Å². The van der Waals surface area contributed by atoms with Crippen LogP contribution in [0, 0.1) is 0 Å². The van der Waals surface area contributed by atoms with E-state index in [0.29, 0.717) is 24.5 Å². The van der Waals surface area contributed by atoms with Gasteiger partial charge in [0, 0.05) is 30.7 Å². The van der Waals surface area contributed by atoms with Crippen molar-refractivity contribution in [2.75, 3.05) is 7.11 Å². The lowest BCUT2D eigenvalue weighted by atomic mass is 9.85. The van der Waals surface area contributed by atoms with E-state index in [9.17, 15) is 4.79 Å². The Balaban J connectivity index is 2.40. The van der Waals surface area contributed by atoms with E-state index in [4.69, 9.17) is 4.74 Å². The lowest BCUT2D eigenvalue weighted by Crippen LogP contribution is -2.21. The first-order valence-corrected chi connectivity index (χ1v) is 5.03. The molecule has 1 unspecified atom stereocenters. The minimum Gasteiger partial charge on any atom is -0.480 e. The van der Waals surface area contributed by atoms with E-state index in [-0.39, 0.29) is 5.41 Å². The summed E-state index contributed by atoms with van der Waals surface area (Å²) >= 11 is 0. The number of carbonyl (C=O) groups is 1. The topological polar surface area (TPSA) is 52.1 Å². The quantitative estimate of drug-likeness (QED) is 0.735. The third kappa shape index (κ3) is 1.71. The highest BCUT2D eigenvalue weighted by Crippen LogP contribution is 2.40. The molecule has 0 aliphatic heterocycles. The fourth-order valence-corrected chi connectivity index (χ4v) is 2.12. The Morgan fingerprint density at radius 1 is 1.40 bits per heavy atom. The van der Waals surface area contributed by atoms with Crippen molar-refractivity contribution in [2.24, 2.45) is 0 Å². The molecule has 0 N–H and O–H groups in total. The van der Waals surface area contributed by atoms with Crippen LogP contribution in [0.3, 0.4) is 0 Å². The van der Waals surface area contributed by atoms with Crippen molar-refractivity contribution in [1.29, 1.82) is 0 Å². The first-order chi connectivity index (χ1) is 7.15. The van der Waals surface area contributed by atoms with E-state index in [1.807, 2.05) is 6.92 Å². The van der Waals surface area contributed by atoms with Crippen LogP contribution in [0.2, 0.25) is 0 Å². The van der Waals surface area contributed by atoms with Gasteiger partial charge in [-0.1, -0.05) is 6.92 Å². The molecule has 80 valence electrons. The summed E-state index contributed by atoms with van der Waals surface area (Å²) in [5.74, 6) is 0.833. The van der Waals surface area contributed by atoms with Gasteiger partial charge >= 0.3 is 0 Å². The second kappa shape index (κ2) is 3.61. The number of hydrogen-bond donors (Lipinski definition) is 0. The number of hydrogen-bond acceptors (Lipinski definition) is 4. The molecular formula is C11H14N2O2. The van der Waals surface area contributed by atoms with Gasteiger partial charge in [-0.3, -0.25) is 9.78 Å². The third-order valence-corrected chi connectivity index (χ3v) is 2.97. The van der Waals surface area contributed by atoms with E-state index >= 15 is 0 Å². The number of rotatable bonds is 2. The lowest BCUT2D eigenvalue weighted by molar-refractivity contribution is -0.117. The highest BCUT2D eigenvalue weighted by Gasteiger charge is 2.39. The molecule has 4 heteroatoms. The fourth-order valence-electron chi connectivity index (χ4n) is 2.12. The molecule has 0 saturated heterocycles. The molecule has 2 rings (SSSR count). The van der Waals surface area contributed by atoms with Gasteiger partial charge in [-0.25, -0.2) is 4.98 Å². The van der Waals surface area contributed by atoms with Crippen LogP contribution in [0.1, 0.15) is 31.9 Å². The van der Waals surface area contributed by atoms with Crippen LogP contribution < -0.4 is 4.74 Å². The Kier molecular flexibility index (Phi) is 2.42. The second-order valence-corrected chi connectivity index (χ2v) is 4.19. The van der Waals surface area contributed by atoms with Gasteiger partial charge in [0.1, 0.15) is 11.5 Å². The molecule has 0 aromatic carbocycles. The van der Waals surface area contributed by atoms with Gasteiger partial charge in [0.2, 0.25) is 5.88 Å². The smallest absolute Gasteiger partial charge is 0.235 e. The van der Waals surface area contributed by atoms with E-state index in [1.54, 1.807) is 19.5 Å². The molecule has 0 amide bonds. The van der Waals surface area contributed by atoms with Crippen LogP contribution in [0.15, 0.2) is 12.4 Å². The molecule has 1 aliphatic carbocycles. The summed E-state index contributed by atoms with van der Waals surface area (Å²) in [6, 6.07) is 0. The Morgan fingerprint density at radius 2 is 2.13 bits per heavy atom. The molecule has 4 nitrogen and oxygen atoms in total. The van der Waals surface area contributed by atoms with Crippen LogP contribution in [0.25, 0.3) is 0 Å². The van der Waals surface area contributed by atoms with Crippen LogP contribution in [0.5, 0.6) is 5.88 Å². The molecule has 1 fully saturated rings. The van der Waals surface area contributed by atoms with Crippen molar-refractivity contribution >= 4 is 5.78 Å². The molecule has 1 atom stereocenters. The van der Waals surface area contributed by atoms with Gasteiger partial charge in [-0.05, 0) is 6.42 Å². The Bertz CT molecular complexity index is 392. The van der Waals surface area contributed by atoms with Crippen molar-refractivity contribution in [3.63, 3.8) is 0 Å². The zero-order chi connectivity index (χ0) is 10.9. The predicted octanol–water partition coefficient (Wildman–Crippen LogP) is 1.50. The first kappa shape index (κ1) is 10.1. The van der Waals surface area contributed by atoms with Crippen molar-refractivity contribution in [2.45, 2.75) is 31.6 Å². The zero-order valence-corrected chi connectivity index (χ0v) is 8.99. The van der Waals surface area contributed by atoms with Crippen molar-refractivity contribution in [3.05, 3.63) is 18.1 Å². The number of aromatic nitrogens is 2. The van der Waals surface area contributed by atoms with Gasteiger partial charge in [0.05, 0.1) is 7.11 Å². The largest absolute Gasteiger partial charge is 0.480 e. The Labute approximate surface area is 88.7 Å². The summed E-state index contributed by atoms with van der Waals surface area (Å²) in [7, 11) is 1.58. The molecule has 0 radical (unpaired) electrons. The van der Waals surface area contributed by atoms with Gasteiger partial charge in [-0.2, -0.15) is 0 Å². The molecule has 1 heterocycles. The average molecular weight is 206 g/mol. The highest BCUT2D eigenvalue weighted by atomic mass is 16.5. The summed E-state index contributed by atoms with van der Waals surface area (Å²) in [4.78, 5) is 19.8. The average Bonchev–Trinajstić information content (AvgIpc) is 2.60. The number of carbonyl (C=O) groups excluding carboxylic acids is 1. The first-order valence-electron chi connectivity index (χ1n) is 5.03. The zero-order valence-electron chi connectivity index (χ0n) is 8.99. The van der Waals surface area contributed by atoms with Crippen LogP contribution in [-0.2, 0) is 10.2 Å². The van der Waals surface area contributed by atoms with Gasteiger partial charge in [-0.15, -0.1) is 0 Å². The number of methoxy groups -OCH3 is 1. The number of ketones is 1. The van der Waals surface area contributed by atoms with Gasteiger partial charge in [0.15, 0.2) is 0 Å². The maximum atomic E-state index is 11.3. The summed E-state index contributed by atoms with van der Waals surface area (Å²) in [5, 5.41) is 0. The normalized spacial score (nSPS) is 25.6. The van der Waals surface area contributed by atoms with E-state index in [2.05, 4.69) is 9.97 Å². The summed E-state index contributed by atoms with van der Waals surface area (Å²) < 4.78 is 5.17. The number of nitrogens with zero attached hydrogens (tertiary/aromatic N) is 2. The Morgan fingerprint density at radius 3 is 2.73 bits per heavy atom. The minimum atomic E-state index is -0.198. The molecule has 1 aromatic rings. The maximum absolute atomic E-state index is 11.3. The summed E-state index contributed by atoms with van der Waals surface area (Å²) in [6.07, 6.45) is 5.26. The molecule has 15 heavy (non-hydrogen) atoms. The molecule has 1 aliphatic rings. The fraction of sp³-hybridized carbons (Fsp3) is 0.545. The SMILES string of the molecule is COc1nccnc1C1(C)CCC(=O)C1. The van der Waals surface area contributed by atoms with E-state index in [0.717, 1.165) is 12.1 Å². The van der Waals surface area contributed by atoms with E-state index < -0.39 is 0 Å². The van der Waals surface area contributed by atoms with Crippen molar-refractivity contribution in [3.8, 4) is 5.88 Å². The van der Waals surface area contributed by atoms with E-state index in [1.165, 1.54) is 0 Å². The summed E-state index contributed by atoms with van der Waals surface area (Å²) in [5.41, 5.74) is 0.606. The molecule has 1 aromatic heterocycles. The Hall–Kier alpha value is -1.45. The number of ether oxygens (including phenoxy) is 1. The summed E-state index contributed by atoms with van der Waals surface area (Å²) in [6.45, 7) is 2.05. The minimum absolute atomic E-state index is 0.198. The maximum Gasteiger partial charge on any atom is 0.235 e. The third-order valence-electron chi connectivity index (χ3n) is 2.97. The van der Waals surface area contributed by atoms with Crippen molar-refractivity contribution in [1.82, 2.24) is 9.97 Å².